The minimum absolute atomic E-state index is 0.0726. The molecule has 2 aliphatic rings. The zero-order chi connectivity index (χ0) is 25.1. The highest BCUT2D eigenvalue weighted by Crippen LogP contribution is 2.32. The standard InChI is InChI=1S/C26H32N4O5/c1-15-9-16(2)11-18(10-15)29-26(33)28-17-5-8-22-20(12-17)25(32)30(4)21-7-6-19(13-24(31)27-3)35-23(21)14-34-22/h5,8-12,19,21,23H,6-7,13-14H2,1-4H3,(H,27,31)(H2,28,29,33)/t19-,21+,23-/m0/s1. The van der Waals surface area contributed by atoms with Crippen LogP contribution in [0, 0.1) is 13.8 Å². The first-order chi connectivity index (χ1) is 16.7. The van der Waals surface area contributed by atoms with Crippen molar-refractivity contribution in [3.8, 4) is 5.75 Å². The minimum Gasteiger partial charge on any atom is -0.490 e. The fraction of sp³-hybridized carbons (Fsp3) is 0.423. The maximum Gasteiger partial charge on any atom is 0.323 e. The Labute approximate surface area is 205 Å². The lowest BCUT2D eigenvalue weighted by Crippen LogP contribution is -2.53. The van der Waals surface area contributed by atoms with Crippen LogP contribution in [0.25, 0.3) is 0 Å². The molecule has 186 valence electrons. The van der Waals surface area contributed by atoms with E-state index in [0.29, 0.717) is 35.5 Å². The summed E-state index contributed by atoms with van der Waals surface area (Å²) in [4.78, 5) is 39.4. The molecule has 0 unspecified atom stereocenters. The first kappa shape index (κ1) is 24.5. The van der Waals surface area contributed by atoms with E-state index in [9.17, 15) is 14.4 Å². The number of ether oxygens (including phenoxy) is 2. The Balaban J connectivity index is 1.47. The number of aryl methyl sites for hydroxylation is 2. The molecule has 2 heterocycles. The predicted octanol–water partition coefficient (Wildman–Crippen LogP) is 3.46. The van der Waals surface area contributed by atoms with Crippen LogP contribution in [0.5, 0.6) is 5.75 Å². The summed E-state index contributed by atoms with van der Waals surface area (Å²) in [7, 11) is 3.36. The highest BCUT2D eigenvalue weighted by molar-refractivity contribution is 6.02. The molecule has 0 aromatic heterocycles. The smallest absolute Gasteiger partial charge is 0.323 e. The van der Waals surface area contributed by atoms with Crippen molar-refractivity contribution in [2.75, 3.05) is 31.3 Å². The highest BCUT2D eigenvalue weighted by Gasteiger charge is 2.39. The first-order valence-electron chi connectivity index (χ1n) is 11.8. The molecular formula is C26H32N4O5. The minimum atomic E-state index is -0.398. The molecule has 4 amide bonds. The summed E-state index contributed by atoms with van der Waals surface area (Å²) in [5.74, 6) is 0.149. The molecule has 2 aromatic carbocycles. The van der Waals surface area contributed by atoms with Gasteiger partial charge in [-0.3, -0.25) is 9.59 Å². The number of benzene rings is 2. The van der Waals surface area contributed by atoms with Gasteiger partial charge in [-0.2, -0.15) is 0 Å². The molecular weight excluding hydrogens is 448 g/mol. The van der Waals surface area contributed by atoms with E-state index in [0.717, 1.165) is 11.1 Å². The second-order valence-corrected chi connectivity index (χ2v) is 9.21. The number of rotatable bonds is 4. The van der Waals surface area contributed by atoms with Crippen molar-refractivity contribution in [2.45, 2.75) is 51.4 Å². The van der Waals surface area contributed by atoms with E-state index >= 15 is 0 Å². The van der Waals surface area contributed by atoms with Gasteiger partial charge in [0.15, 0.2) is 0 Å². The van der Waals surface area contributed by atoms with Gasteiger partial charge in [-0.15, -0.1) is 0 Å². The highest BCUT2D eigenvalue weighted by atomic mass is 16.5. The third-order valence-electron chi connectivity index (χ3n) is 6.44. The molecule has 0 aliphatic carbocycles. The van der Waals surface area contributed by atoms with Gasteiger partial charge in [0, 0.05) is 25.5 Å². The topological polar surface area (TPSA) is 109 Å². The van der Waals surface area contributed by atoms with Gasteiger partial charge in [0.1, 0.15) is 18.5 Å². The first-order valence-corrected chi connectivity index (χ1v) is 11.8. The fourth-order valence-electron chi connectivity index (χ4n) is 4.75. The molecule has 0 spiro atoms. The third kappa shape index (κ3) is 5.74. The summed E-state index contributed by atoms with van der Waals surface area (Å²) in [6.45, 7) is 4.20. The van der Waals surface area contributed by atoms with E-state index < -0.39 is 6.03 Å². The molecule has 1 saturated heterocycles. The van der Waals surface area contributed by atoms with Crippen molar-refractivity contribution in [1.82, 2.24) is 10.2 Å². The average Bonchev–Trinajstić information content (AvgIpc) is 2.81. The second-order valence-electron chi connectivity index (χ2n) is 9.21. The number of hydrogen-bond acceptors (Lipinski definition) is 5. The quantitative estimate of drug-likeness (QED) is 0.621. The molecule has 0 radical (unpaired) electrons. The lowest BCUT2D eigenvalue weighted by molar-refractivity contribution is -0.133. The van der Waals surface area contributed by atoms with Crippen molar-refractivity contribution < 1.29 is 23.9 Å². The largest absolute Gasteiger partial charge is 0.490 e. The fourth-order valence-corrected chi connectivity index (χ4v) is 4.75. The van der Waals surface area contributed by atoms with E-state index in [1.165, 1.54) is 0 Å². The van der Waals surface area contributed by atoms with Gasteiger partial charge >= 0.3 is 6.03 Å². The van der Waals surface area contributed by atoms with Gasteiger partial charge in [-0.1, -0.05) is 6.07 Å². The van der Waals surface area contributed by atoms with Crippen LogP contribution >= 0.6 is 0 Å². The zero-order valence-corrected chi connectivity index (χ0v) is 20.5. The zero-order valence-electron chi connectivity index (χ0n) is 20.5. The molecule has 4 rings (SSSR count). The van der Waals surface area contributed by atoms with Gasteiger partial charge in [0.25, 0.3) is 5.91 Å². The normalized spacial score (nSPS) is 21.5. The van der Waals surface area contributed by atoms with Gasteiger partial charge in [0.05, 0.1) is 24.1 Å². The predicted molar refractivity (Wildman–Crippen MR) is 133 cm³/mol. The lowest BCUT2D eigenvalue weighted by atomic mass is 9.94. The Morgan fingerprint density at radius 2 is 1.74 bits per heavy atom. The molecule has 2 aromatic rings. The van der Waals surface area contributed by atoms with Crippen molar-refractivity contribution in [1.29, 1.82) is 0 Å². The van der Waals surface area contributed by atoms with Crippen LogP contribution < -0.4 is 20.7 Å². The number of carbonyl (C=O) groups is 3. The Morgan fingerprint density at radius 1 is 1.03 bits per heavy atom. The van der Waals surface area contributed by atoms with Gasteiger partial charge in [0.2, 0.25) is 5.91 Å². The van der Waals surface area contributed by atoms with Crippen LogP contribution in [0.3, 0.4) is 0 Å². The number of hydrogen-bond donors (Lipinski definition) is 3. The van der Waals surface area contributed by atoms with Crippen LogP contribution in [0.2, 0.25) is 0 Å². The van der Waals surface area contributed by atoms with Crippen LogP contribution in [0.1, 0.15) is 40.7 Å². The summed E-state index contributed by atoms with van der Waals surface area (Å²) < 4.78 is 12.1. The van der Waals surface area contributed by atoms with Crippen molar-refractivity contribution in [3.05, 3.63) is 53.1 Å². The van der Waals surface area contributed by atoms with Crippen molar-refractivity contribution in [3.63, 3.8) is 0 Å². The SMILES string of the molecule is CNC(=O)C[C@@H]1CC[C@@H]2[C@H](COc3ccc(NC(=O)Nc4cc(C)cc(C)c4)cc3C(=O)N2C)O1. The maximum absolute atomic E-state index is 13.4. The van der Waals surface area contributed by atoms with Gasteiger partial charge in [-0.05, 0) is 68.1 Å². The average molecular weight is 481 g/mol. The summed E-state index contributed by atoms with van der Waals surface area (Å²) >= 11 is 0. The molecule has 2 aliphatic heterocycles. The number of fused-ring (bicyclic) bond motifs is 2. The lowest BCUT2D eigenvalue weighted by Gasteiger charge is -2.42. The second kappa shape index (κ2) is 10.4. The number of amides is 4. The Morgan fingerprint density at radius 3 is 2.46 bits per heavy atom. The Hall–Kier alpha value is -3.59. The molecule has 9 nitrogen and oxygen atoms in total. The van der Waals surface area contributed by atoms with E-state index in [-0.39, 0.29) is 43.1 Å². The van der Waals surface area contributed by atoms with Crippen LogP contribution in [0.15, 0.2) is 36.4 Å². The summed E-state index contributed by atoms with van der Waals surface area (Å²) in [5, 5.41) is 8.25. The number of nitrogens with one attached hydrogen (secondary N) is 3. The number of anilines is 2. The van der Waals surface area contributed by atoms with E-state index in [2.05, 4.69) is 16.0 Å². The van der Waals surface area contributed by atoms with Gasteiger partial charge < -0.3 is 30.3 Å². The molecule has 3 atom stereocenters. The van der Waals surface area contributed by atoms with Crippen molar-refractivity contribution >= 4 is 29.2 Å². The van der Waals surface area contributed by atoms with Crippen LogP contribution in [0.4, 0.5) is 16.2 Å². The van der Waals surface area contributed by atoms with Crippen LogP contribution in [-0.4, -0.2) is 61.7 Å². The van der Waals surface area contributed by atoms with E-state index in [1.807, 2.05) is 32.0 Å². The number of urea groups is 1. The molecule has 9 heteroatoms. The summed E-state index contributed by atoms with van der Waals surface area (Å²) in [5.41, 5.74) is 3.67. The third-order valence-corrected chi connectivity index (χ3v) is 6.44. The summed E-state index contributed by atoms with van der Waals surface area (Å²) in [6, 6.07) is 10.3. The number of nitrogens with zero attached hydrogens (tertiary/aromatic N) is 1. The van der Waals surface area contributed by atoms with Crippen molar-refractivity contribution in [2.24, 2.45) is 0 Å². The van der Waals surface area contributed by atoms with Crippen LogP contribution in [-0.2, 0) is 9.53 Å². The maximum atomic E-state index is 13.4. The molecule has 0 saturated carbocycles. The van der Waals surface area contributed by atoms with E-state index in [4.69, 9.17) is 9.47 Å². The van der Waals surface area contributed by atoms with E-state index in [1.54, 1.807) is 37.2 Å². The number of carbonyl (C=O) groups excluding carboxylic acids is 3. The molecule has 0 bridgehead atoms. The summed E-state index contributed by atoms with van der Waals surface area (Å²) in [6.07, 6.45) is 1.14. The Kier molecular flexibility index (Phi) is 7.25. The monoisotopic (exact) mass is 480 g/mol. The molecule has 3 N–H and O–H groups in total. The molecule has 35 heavy (non-hydrogen) atoms. The Bertz CT molecular complexity index is 1110. The number of likely N-dealkylation sites (N-methyl/N-ethyl adjacent to an activating group) is 1. The van der Waals surface area contributed by atoms with Gasteiger partial charge in [-0.25, -0.2) is 4.79 Å². The molecule has 1 fully saturated rings.